The molecule has 1 nitrogen and oxygen atoms in total. The predicted molar refractivity (Wildman–Crippen MR) is 41.7 cm³/mol. The average molecular weight is 138 g/mol. The second-order valence-corrected chi connectivity index (χ2v) is 3.07. The highest BCUT2D eigenvalue weighted by molar-refractivity contribution is 5.92. The van der Waals surface area contributed by atoms with Crippen LogP contribution in [-0.4, -0.2) is 5.78 Å². The van der Waals surface area contributed by atoms with Gasteiger partial charge < -0.3 is 0 Å². The van der Waals surface area contributed by atoms with Gasteiger partial charge in [0.1, 0.15) is 0 Å². The van der Waals surface area contributed by atoms with Crippen molar-refractivity contribution in [2.24, 2.45) is 11.8 Å². The molecule has 0 N–H and O–H groups in total. The van der Waals surface area contributed by atoms with E-state index in [9.17, 15) is 4.79 Å². The van der Waals surface area contributed by atoms with E-state index in [1.54, 1.807) is 6.08 Å². The summed E-state index contributed by atoms with van der Waals surface area (Å²) in [5.41, 5.74) is 0. The third-order valence-corrected chi connectivity index (χ3v) is 2.20. The van der Waals surface area contributed by atoms with Crippen LogP contribution in [0.1, 0.15) is 26.7 Å². The van der Waals surface area contributed by atoms with Gasteiger partial charge in [-0.3, -0.25) is 4.79 Å². The molecule has 0 aliphatic heterocycles. The lowest BCUT2D eigenvalue weighted by atomic mass is 9.86. The molecule has 0 amide bonds. The lowest BCUT2D eigenvalue weighted by Gasteiger charge is -2.18. The van der Waals surface area contributed by atoms with E-state index in [-0.39, 0.29) is 5.92 Å². The zero-order valence-electron chi connectivity index (χ0n) is 6.63. The van der Waals surface area contributed by atoms with E-state index in [0.29, 0.717) is 11.7 Å². The summed E-state index contributed by atoms with van der Waals surface area (Å²) in [6.07, 6.45) is 5.99. The fraction of sp³-hybridized carbons (Fsp3) is 0.667. The first-order valence-electron chi connectivity index (χ1n) is 3.96. The molecule has 2 unspecified atom stereocenters. The van der Waals surface area contributed by atoms with Crippen LogP contribution in [0.4, 0.5) is 0 Å². The number of carbonyl (C=O) groups excluding carboxylic acids is 1. The first-order chi connectivity index (χ1) is 4.74. The van der Waals surface area contributed by atoms with Gasteiger partial charge in [0.15, 0.2) is 5.78 Å². The minimum atomic E-state index is 0.259. The SMILES string of the molecule is CCC1C=CC(=O)C(C)C1. The standard InChI is InChI=1S/C9H14O/c1-3-8-4-5-9(10)7(2)6-8/h4-5,7-8H,3,6H2,1-2H3. The number of allylic oxidation sites excluding steroid dienone is 2. The highest BCUT2D eigenvalue weighted by Crippen LogP contribution is 2.22. The van der Waals surface area contributed by atoms with Crippen molar-refractivity contribution in [3.63, 3.8) is 0 Å². The first kappa shape index (κ1) is 7.52. The molecule has 2 atom stereocenters. The Morgan fingerprint density at radius 3 is 2.90 bits per heavy atom. The second kappa shape index (κ2) is 3.00. The summed E-state index contributed by atoms with van der Waals surface area (Å²) < 4.78 is 0. The van der Waals surface area contributed by atoms with Crippen molar-refractivity contribution >= 4 is 5.78 Å². The van der Waals surface area contributed by atoms with Crippen LogP contribution >= 0.6 is 0 Å². The van der Waals surface area contributed by atoms with E-state index in [1.807, 2.05) is 13.0 Å². The Labute approximate surface area is 62.1 Å². The zero-order valence-corrected chi connectivity index (χ0v) is 6.63. The van der Waals surface area contributed by atoms with Gasteiger partial charge in [0, 0.05) is 5.92 Å². The zero-order chi connectivity index (χ0) is 7.56. The summed E-state index contributed by atoms with van der Waals surface area (Å²) in [6, 6.07) is 0. The van der Waals surface area contributed by atoms with Crippen molar-refractivity contribution in [1.29, 1.82) is 0 Å². The molecule has 0 aromatic heterocycles. The number of carbonyl (C=O) groups is 1. The summed E-state index contributed by atoms with van der Waals surface area (Å²) in [7, 11) is 0. The van der Waals surface area contributed by atoms with E-state index >= 15 is 0 Å². The van der Waals surface area contributed by atoms with E-state index in [2.05, 4.69) is 6.92 Å². The summed E-state index contributed by atoms with van der Waals surface area (Å²) in [5, 5.41) is 0. The molecule has 0 saturated heterocycles. The fourth-order valence-corrected chi connectivity index (χ4v) is 1.35. The van der Waals surface area contributed by atoms with E-state index in [1.165, 1.54) is 0 Å². The lowest BCUT2D eigenvalue weighted by Crippen LogP contribution is -2.16. The van der Waals surface area contributed by atoms with Crippen LogP contribution in [-0.2, 0) is 4.79 Å². The van der Waals surface area contributed by atoms with Gasteiger partial charge in [-0.05, 0) is 24.8 Å². The van der Waals surface area contributed by atoms with Crippen LogP contribution in [0.15, 0.2) is 12.2 Å². The van der Waals surface area contributed by atoms with E-state index in [4.69, 9.17) is 0 Å². The van der Waals surface area contributed by atoms with Crippen molar-refractivity contribution < 1.29 is 4.79 Å². The molecule has 56 valence electrons. The summed E-state index contributed by atoms with van der Waals surface area (Å²) >= 11 is 0. The summed E-state index contributed by atoms with van der Waals surface area (Å²) in [5.74, 6) is 1.20. The maximum absolute atomic E-state index is 11.0. The van der Waals surface area contributed by atoms with Crippen LogP contribution in [0.25, 0.3) is 0 Å². The normalized spacial score (nSPS) is 32.8. The number of ketones is 1. The molecular weight excluding hydrogens is 124 g/mol. The van der Waals surface area contributed by atoms with Gasteiger partial charge in [0.25, 0.3) is 0 Å². The smallest absolute Gasteiger partial charge is 0.158 e. The van der Waals surface area contributed by atoms with Gasteiger partial charge in [0.05, 0.1) is 0 Å². The molecule has 0 heterocycles. The summed E-state index contributed by atoms with van der Waals surface area (Å²) in [4.78, 5) is 11.0. The molecule has 0 bridgehead atoms. The number of hydrogen-bond donors (Lipinski definition) is 0. The van der Waals surface area contributed by atoms with Crippen LogP contribution in [0.3, 0.4) is 0 Å². The topological polar surface area (TPSA) is 17.1 Å². The largest absolute Gasteiger partial charge is 0.295 e. The van der Waals surface area contributed by atoms with E-state index < -0.39 is 0 Å². The van der Waals surface area contributed by atoms with Crippen LogP contribution in [0.5, 0.6) is 0 Å². The first-order valence-corrected chi connectivity index (χ1v) is 3.96. The molecule has 1 aliphatic carbocycles. The molecule has 10 heavy (non-hydrogen) atoms. The maximum Gasteiger partial charge on any atom is 0.158 e. The molecule has 1 aliphatic rings. The van der Waals surface area contributed by atoms with E-state index in [0.717, 1.165) is 12.8 Å². The Balaban J connectivity index is 2.59. The third-order valence-electron chi connectivity index (χ3n) is 2.20. The van der Waals surface area contributed by atoms with Crippen molar-refractivity contribution in [3.05, 3.63) is 12.2 Å². The molecule has 1 heteroatoms. The Morgan fingerprint density at radius 2 is 2.40 bits per heavy atom. The number of rotatable bonds is 1. The average Bonchev–Trinajstić information content (AvgIpc) is 1.95. The monoisotopic (exact) mass is 138 g/mol. The molecule has 0 fully saturated rings. The highest BCUT2D eigenvalue weighted by Gasteiger charge is 2.18. The molecule has 0 aromatic rings. The second-order valence-electron chi connectivity index (χ2n) is 3.07. The fourth-order valence-electron chi connectivity index (χ4n) is 1.35. The highest BCUT2D eigenvalue weighted by atomic mass is 16.1. The molecule has 0 saturated carbocycles. The molecular formula is C9H14O. The Kier molecular flexibility index (Phi) is 2.25. The minimum absolute atomic E-state index is 0.259. The Bertz CT molecular complexity index is 158. The van der Waals surface area contributed by atoms with Gasteiger partial charge in [0.2, 0.25) is 0 Å². The van der Waals surface area contributed by atoms with Crippen LogP contribution in [0.2, 0.25) is 0 Å². The molecule has 0 aromatic carbocycles. The quantitative estimate of drug-likeness (QED) is 0.542. The van der Waals surface area contributed by atoms with Crippen LogP contribution < -0.4 is 0 Å². The molecule has 0 spiro atoms. The molecule has 0 radical (unpaired) electrons. The van der Waals surface area contributed by atoms with Crippen molar-refractivity contribution in [2.75, 3.05) is 0 Å². The van der Waals surface area contributed by atoms with Gasteiger partial charge in [-0.1, -0.05) is 19.9 Å². The van der Waals surface area contributed by atoms with Gasteiger partial charge in [-0.2, -0.15) is 0 Å². The van der Waals surface area contributed by atoms with Gasteiger partial charge >= 0.3 is 0 Å². The lowest BCUT2D eigenvalue weighted by molar-refractivity contribution is -0.118. The predicted octanol–water partition coefficient (Wildman–Crippen LogP) is 2.18. The van der Waals surface area contributed by atoms with Gasteiger partial charge in [-0.15, -0.1) is 0 Å². The van der Waals surface area contributed by atoms with Crippen molar-refractivity contribution in [1.82, 2.24) is 0 Å². The van der Waals surface area contributed by atoms with Crippen LogP contribution in [0, 0.1) is 11.8 Å². The van der Waals surface area contributed by atoms with Crippen molar-refractivity contribution in [2.45, 2.75) is 26.7 Å². The van der Waals surface area contributed by atoms with Crippen molar-refractivity contribution in [3.8, 4) is 0 Å². The minimum Gasteiger partial charge on any atom is -0.295 e. The third kappa shape index (κ3) is 1.47. The Hall–Kier alpha value is -0.590. The Morgan fingerprint density at radius 1 is 1.70 bits per heavy atom. The van der Waals surface area contributed by atoms with Gasteiger partial charge in [-0.25, -0.2) is 0 Å². The number of hydrogen-bond acceptors (Lipinski definition) is 1. The summed E-state index contributed by atoms with van der Waals surface area (Å²) in [6.45, 7) is 4.17. The maximum atomic E-state index is 11.0. The molecule has 1 rings (SSSR count).